The van der Waals surface area contributed by atoms with Gasteiger partial charge in [0.1, 0.15) is 17.0 Å². The first-order chi connectivity index (χ1) is 19.5. The van der Waals surface area contributed by atoms with Crippen LogP contribution in [0.5, 0.6) is 0 Å². The molecule has 1 amide bonds. The van der Waals surface area contributed by atoms with Gasteiger partial charge in [-0.25, -0.2) is 19.6 Å². The van der Waals surface area contributed by atoms with E-state index < -0.39 is 5.95 Å². The number of amides is 1. The van der Waals surface area contributed by atoms with Crippen LogP contribution in [-0.2, 0) is 13.5 Å². The summed E-state index contributed by atoms with van der Waals surface area (Å²) in [5, 5.41) is 11.0. The van der Waals surface area contributed by atoms with Crippen molar-refractivity contribution in [1.82, 2.24) is 44.4 Å². The van der Waals surface area contributed by atoms with E-state index in [9.17, 15) is 9.18 Å². The first-order valence-corrected chi connectivity index (χ1v) is 12.7. The molecule has 0 unspecified atom stereocenters. The molecule has 5 aromatic heterocycles. The van der Waals surface area contributed by atoms with Crippen LogP contribution < -0.4 is 11.1 Å². The molecule has 1 aliphatic carbocycles. The Bertz CT molecular complexity index is 1910. The topological polar surface area (TPSA) is 134 Å². The second kappa shape index (κ2) is 9.12. The Morgan fingerprint density at radius 1 is 1.10 bits per heavy atom. The van der Waals surface area contributed by atoms with Gasteiger partial charge in [-0.1, -0.05) is 6.07 Å². The monoisotopic (exact) mass is 534 g/mol. The highest BCUT2D eigenvalue weighted by Crippen LogP contribution is 2.36. The number of pyridine rings is 2. The Morgan fingerprint density at radius 3 is 2.77 bits per heavy atom. The van der Waals surface area contributed by atoms with Crippen molar-refractivity contribution < 1.29 is 9.18 Å². The molecule has 0 radical (unpaired) electrons. The average molecular weight is 535 g/mol. The minimum absolute atomic E-state index is 0.171. The smallest absolute Gasteiger partial charge is 0.270 e. The quantitative estimate of drug-likeness (QED) is 0.345. The van der Waals surface area contributed by atoms with E-state index in [1.54, 1.807) is 24.1 Å². The lowest BCUT2D eigenvalue weighted by molar-refractivity contribution is 0.0927. The van der Waals surface area contributed by atoms with Crippen LogP contribution >= 0.6 is 0 Å². The molecule has 0 spiro atoms. The normalized spacial score (nSPS) is 14.5. The number of anilines is 1. The summed E-state index contributed by atoms with van der Waals surface area (Å²) in [6, 6.07) is 16.3. The van der Waals surface area contributed by atoms with E-state index in [1.807, 2.05) is 53.2 Å². The number of imidazole rings is 1. The third-order valence-electron chi connectivity index (χ3n) is 7.16. The SMILES string of the molecule is Cn1nc(F)cc1C(=O)N[C@H]1CCc2cc(-n3c(-c4cccnc4N)nc4ccc(-n5cccn5)nc43)ccc21. The molecule has 0 saturated heterocycles. The summed E-state index contributed by atoms with van der Waals surface area (Å²) in [4.78, 5) is 26.9. The third kappa shape index (κ3) is 3.88. The summed E-state index contributed by atoms with van der Waals surface area (Å²) < 4.78 is 18.4. The standard InChI is InChI=1S/C28H23FN10O/c1-37-22(15-23(29)36-37)28(40)34-20-8-5-16-14-17(6-7-18(16)20)39-26(19-4-2-11-31-25(19)30)33-21-9-10-24(35-27(21)39)38-13-3-12-32-38/h2-4,6-7,9-15,20H,5,8H2,1H3,(H2,30,31)(H,34,40)/t20-/m0/s1. The number of fused-ring (bicyclic) bond motifs is 2. The first kappa shape index (κ1) is 23.7. The fourth-order valence-corrected chi connectivity index (χ4v) is 5.28. The van der Waals surface area contributed by atoms with Crippen LogP contribution in [0.25, 0.3) is 34.1 Å². The maximum Gasteiger partial charge on any atom is 0.270 e. The van der Waals surface area contributed by atoms with Crippen molar-refractivity contribution >= 4 is 22.9 Å². The lowest BCUT2D eigenvalue weighted by atomic mass is 10.1. The molecule has 1 aliphatic rings. The predicted octanol–water partition coefficient (Wildman–Crippen LogP) is 3.54. The van der Waals surface area contributed by atoms with Gasteiger partial charge < -0.3 is 11.1 Å². The molecule has 40 heavy (non-hydrogen) atoms. The minimum Gasteiger partial charge on any atom is -0.383 e. The number of nitrogens with one attached hydrogen (secondary N) is 1. The van der Waals surface area contributed by atoms with Crippen LogP contribution in [0.4, 0.5) is 10.2 Å². The number of hydrogen-bond acceptors (Lipinski definition) is 7. The van der Waals surface area contributed by atoms with Gasteiger partial charge in [0.25, 0.3) is 5.91 Å². The molecule has 5 heterocycles. The number of rotatable bonds is 5. The van der Waals surface area contributed by atoms with E-state index in [0.717, 1.165) is 35.7 Å². The zero-order valence-corrected chi connectivity index (χ0v) is 21.4. The molecule has 0 bridgehead atoms. The van der Waals surface area contributed by atoms with Crippen molar-refractivity contribution in [2.75, 3.05) is 5.73 Å². The maximum absolute atomic E-state index is 13.5. The highest BCUT2D eigenvalue weighted by Gasteiger charge is 2.27. The number of carbonyl (C=O) groups is 1. The van der Waals surface area contributed by atoms with Gasteiger partial charge in [-0.05, 0) is 66.4 Å². The van der Waals surface area contributed by atoms with Gasteiger partial charge in [-0.15, -0.1) is 5.10 Å². The summed E-state index contributed by atoms with van der Waals surface area (Å²) in [5.41, 5.74) is 11.4. The van der Waals surface area contributed by atoms with Crippen LogP contribution in [0.1, 0.15) is 34.1 Å². The van der Waals surface area contributed by atoms with Gasteiger partial charge in [-0.3, -0.25) is 14.0 Å². The Morgan fingerprint density at radius 2 is 2.00 bits per heavy atom. The molecule has 0 aliphatic heterocycles. The Labute approximate surface area is 227 Å². The molecule has 7 rings (SSSR count). The second-order valence-corrected chi connectivity index (χ2v) is 9.59. The van der Waals surface area contributed by atoms with Gasteiger partial charge in [-0.2, -0.15) is 9.49 Å². The van der Waals surface area contributed by atoms with Crippen molar-refractivity contribution in [1.29, 1.82) is 0 Å². The van der Waals surface area contributed by atoms with Crippen LogP contribution in [0.15, 0.2) is 73.2 Å². The number of halogens is 1. The van der Waals surface area contributed by atoms with E-state index >= 15 is 0 Å². The van der Waals surface area contributed by atoms with Crippen molar-refractivity contribution in [3.05, 3.63) is 96.0 Å². The summed E-state index contributed by atoms with van der Waals surface area (Å²) >= 11 is 0. The summed E-state index contributed by atoms with van der Waals surface area (Å²) in [6.45, 7) is 0. The number of benzene rings is 1. The molecule has 0 saturated carbocycles. The zero-order chi connectivity index (χ0) is 27.4. The van der Waals surface area contributed by atoms with Crippen molar-refractivity contribution in [2.45, 2.75) is 18.9 Å². The predicted molar refractivity (Wildman–Crippen MR) is 145 cm³/mol. The van der Waals surface area contributed by atoms with E-state index in [1.165, 1.54) is 4.68 Å². The van der Waals surface area contributed by atoms with Crippen LogP contribution in [-0.4, -0.2) is 45.0 Å². The molecule has 0 fully saturated rings. The van der Waals surface area contributed by atoms with Crippen LogP contribution in [0.3, 0.4) is 0 Å². The molecular formula is C28H23FN10O. The fraction of sp³-hybridized carbons (Fsp3) is 0.143. The molecule has 3 N–H and O–H groups in total. The van der Waals surface area contributed by atoms with Gasteiger partial charge in [0.15, 0.2) is 17.3 Å². The number of carbonyl (C=O) groups excluding carboxylic acids is 1. The molecule has 6 aromatic rings. The minimum atomic E-state index is -0.689. The van der Waals surface area contributed by atoms with Gasteiger partial charge in [0.05, 0.1) is 11.6 Å². The second-order valence-electron chi connectivity index (χ2n) is 9.59. The molecule has 1 aromatic carbocycles. The Balaban J connectivity index is 1.32. The van der Waals surface area contributed by atoms with Crippen molar-refractivity contribution in [3.8, 4) is 22.9 Å². The van der Waals surface area contributed by atoms with E-state index in [-0.39, 0.29) is 17.6 Å². The first-order valence-electron chi connectivity index (χ1n) is 12.7. The third-order valence-corrected chi connectivity index (χ3v) is 7.16. The molecule has 1 atom stereocenters. The molecule has 11 nitrogen and oxygen atoms in total. The lowest BCUT2D eigenvalue weighted by Crippen LogP contribution is -2.28. The number of aryl methyl sites for hydroxylation is 2. The number of hydrogen-bond donors (Lipinski definition) is 2. The lowest BCUT2D eigenvalue weighted by Gasteiger charge is -2.16. The highest BCUT2D eigenvalue weighted by atomic mass is 19.1. The number of nitrogens with two attached hydrogens (primary N) is 1. The number of nitrogens with zero attached hydrogens (tertiary/aromatic N) is 8. The van der Waals surface area contributed by atoms with Gasteiger partial charge in [0.2, 0.25) is 5.95 Å². The molecule has 12 heteroatoms. The number of aromatic nitrogens is 8. The fourth-order valence-electron chi connectivity index (χ4n) is 5.28. The largest absolute Gasteiger partial charge is 0.383 e. The van der Waals surface area contributed by atoms with Gasteiger partial charge >= 0.3 is 0 Å². The van der Waals surface area contributed by atoms with E-state index in [4.69, 9.17) is 15.7 Å². The Kier molecular flexibility index (Phi) is 5.40. The van der Waals surface area contributed by atoms with E-state index in [2.05, 4.69) is 26.6 Å². The van der Waals surface area contributed by atoms with Crippen LogP contribution in [0, 0.1) is 5.95 Å². The Hall–Kier alpha value is -5.39. The van der Waals surface area contributed by atoms with Crippen molar-refractivity contribution in [2.24, 2.45) is 7.05 Å². The van der Waals surface area contributed by atoms with Gasteiger partial charge in [0, 0.05) is 37.4 Å². The van der Waals surface area contributed by atoms with Crippen molar-refractivity contribution in [3.63, 3.8) is 0 Å². The average Bonchev–Trinajstić information content (AvgIpc) is 3.74. The summed E-state index contributed by atoms with van der Waals surface area (Å²) in [5.74, 6) is 0.575. The maximum atomic E-state index is 13.5. The number of nitrogen functional groups attached to an aromatic ring is 1. The molecular weight excluding hydrogens is 511 g/mol. The summed E-state index contributed by atoms with van der Waals surface area (Å²) in [6.07, 6.45) is 6.66. The summed E-state index contributed by atoms with van der Waals surface area (Å²) in [7, 11) is 1.54. The zero-order valence-electron chi connectivity index (χ0n) is 21.4. The van der Waals surface area contributed by atoms with E-state index in [0.29, 0.717) is 34.2 Å². The molecule has 198 valence electrons. The highest BCUT2D eigenvalue weighted by molar-refractivity contribution is 5.93. The van der Waals surface area contributed by atoms with Crippen LogP contribution in [0.2, 0.25) is 0 Å².